The molecule has 0 saturated carbocycles. The number of hydrogen-bond donors (Lipinski definition) is 2. The van der Waals surface area contributed by atoms with Gasteiger partial charge in [-0.05, 0) is 183 Å². The van der Waals surface area contributed by atoms with Crippen LogP contribution in [0.5, 0.6) is 5.75 Å². The van der Waals surface area contributed by atoms with Crippen LogP contribution in [0.2, 0.25) is 5.02 Å². The number of nitrogens with zero attached hydrogens (tertiary/aromatic N) is 16. The number of halogens is 1. The summed E-state index contributed by atoms with van der Waals surface area (Å²) in [5, 5.41) is 20.3. The third-order valence-corrected chi connectivity index (χ3v) is 22.5. The SMILES string of the molecule is CC1=Nn2c(C(C)C)c[n+](C)c2C1.CCNC(=O)c1nc2ccccc2n1C.CCOC(=O)c1cn(C)c2ccccc12.CCn1c(C)cc2ccccc21.CCn1c(C)nc2ccccc21.COc1ccc2c(c1)nc(C)n2-c1ccccc1.Cc1c(C#N)c2ccccc2n1C.Clc1ccc2c(c1)ncn2-c1ccccc1.c1ccc(-c2nc3ccccc3[nH]2)cc1. The first-order valence-corrected chi connectivity index (χ1v) is 43.7. The van der Waals surface area contributed by atoms with Crippen LogP contribution >= 0.6 is 11.6 Å². The van der Waals surface area contributed by atoms with Crippen molar-refractivity contribution in [2.75, 3.05) is 20.3 Å². The van der Waals surface area contributed by atoms with Crippen molar-refractivity contribution in [3.05, 3.63) is 354 Å². The van der Waals surface area contributed by atoms with Gasteiger partial charge in [0.05, 0.1) is 99.2 Å². The highest BCUT2D eigenvalue weighted by molar-refractivity contribution is 6.31. The molecule has 20 aromatic rings. The van der Waals surface area contributed by atoms with Crippen LogP contribution in [0, 0.1) is 39.0 Å². The number of aromatic nitrogens is 15. The van der Waals surface area contributed by atoms with Gasteiger partial charge < -0.3 is 42.6 Å². The molecule has 129 heavy (non-hydrogen) atoms. The van der Waals surface area contributed by atoms with Crippen LogP contribution in [0.15, 0.2) is 303 Å². The van der Waals surface area contributed by atoms with Crippen LogP contribution in [0.4, 0.5) is 0 Å². The third-order valence-electron chi connectivity index (χ3n) is 22.2. The summed E-state index contributed by atoms with van der Waals surface area (Å²) in [6, 6.07) is 94.9. The summed E-state index contributed by atoms with van der Waals surface area (Å²) in [4.78, 5) is 48.7. The molecule has 21 rings (SSSR count). The predicted molar refractivity (Wildman–Crippen MR) is 524 cm³/mol. The van der Waals surface area contributed by atoms with Crippen LogP contribution in [0.3, 0.4) is 0 Å². The number of amides is 1. The number of fused-ring (bicyclic) bond motifs is 9. The van der Waals surface area contributed by atoms with Gasteiger partial charge in [-0.15, -0.1) is 4.68 Å². The number of ether oxygens (including phenoxy) is 2. The van der Waals surface area contributed by atoms with Crippen molar-refractivity contribution >= 4 is 117 Å². The molecule has 654 valence electrons. The van der Waals surface area contributed by atoms with Gasteiger partial charge in [-0.1, -0.05) is 188 Å². The third kappa shape index (κ3) is 21.2. The molecule has 0 bridgehead atoms. The predicted octanol–water partition coefficient (Wildman–Crippen LogP) is 22.8. The number of esters is 1. The first kappa shape index (κ1) is 91.5. The zero-order valence-electron chi connectivity index (χ0n) is 76.1. The summed E-state index contributed by atoms with van der Waals surface area (Å²) in [6.45, 7) is 25.7. The highest BCUT2D eigenvalue weighted by Gasteiger charge is 2.29. The van der Waals surface area contributed by atoms with E-state index in [2.05, 4.69) is 209 Å². The number of H-pyrrole nitrogens is 1. The van der Waals surface area contributed by atoms with Crippen molar-refractivity contribution in [1.29, 1.82) is 5.26 Å². The Hall–Kier alpha value is -15.2. The largest absolute Gasteiger partial charge is 0.497 e. The second-order valence-electron chi connectivity index (χ2n) is 31.2. The molecule has 10 heterocycles. The Labute approximate surface area is 757 Å². The van der Waals surface area contributed by atoms with Gasteiger partial charge >= 0.3 is 5.97 Å². The molecule has 0 unspecified atom stereocenters. The minimum atomic E-state index is -0.255. The number of benzene rings is 11. The summed E-state index contributed by atoms with van der Waals surface area (Å²) in [7, 11) is 9.51. The fraction of sp³-hybridized carbons (Fsp3) is 0.208. The topological polar surface area (TPSA) is 224 Å². The Morgan fingerprint density at radius 2 is 1.15 bits per heavy atom. The second kappa shape index (κ2) is 42.7. The van der Waals surface area contributed by atoms with Crippen molar-refractivity contribution < 1.29 is 23.6 Å². The lowest BCUT2D eigenvalue weighted by Gasteiger charge is -2.06. The molecule has 1 amide bonds. The second-order valence-corrected chi connectivity index (χ2v) is 31.6. The number of methoxy groups -OCH3 is 1. The summed E-state index contributed by atoms with van der Waals surface area (Å²) < 4.78 is 29.0. The number of imidazole rings is 6. The van der Waals surface area contributed by atoms with Gasteiger partial charge in [0.15, 0.2) is 11.5 Å². The molecule has 1 aliphatic rings. The van der Waals surface area contributed by atoms with E-state index in [-0.39, 0.29) is 11.9 Å². The molecule has 11 aromatic carbocycles. The Balaban J connectivity index is 0.000000124. The van der Waals surface area contributed by atoms with Crippen molar-refractivity contribution in [3.63, 3.8) is 0 Å². The Kier molecular flexibility index (Phi) is 30.2. The summed E-state index contributed by atoms with van der Waals surface area (Å²) >= 11 is 5.92. The summed E-state index contributed by atoms with van der Waals surface area (Å²) in [5.74, 6) is 5.74. The molecule has 0 aliphatic carbocycles. The van der Waals surface area contributed by atoms with Gasteiger partial charge in [0.1, 0.15) is 41.8 Å². The van der Waals surface area contributed by atoms with Crippen molar-refractivity contribution in [3.8, 4) is 34.6 Å². The average molecular weight is 1740 g/mol. The zero-order chi connectivity index (χ0) is 91.4. The minimum Gasteiger partial charge on any atom is -0.497 e. The number of para-hydroxylation sites is 11. The van der Waals surface area contributed by atoms with E-state index < -0.39 is 0 Å². The van der Waals surface area contributed by atoms with E-state index in [9.17, 15) is 9.59 Å². The monoisotopic (exact) mass is 1730 g/mol. The molecule has 0 saturated heterocycles. The van der Waals surface area contributed by atoms with Gasteiger partial charge in [0.2, 0.25) is 0 Å². The van der Waals surface area contributed by atoms with Gasteiger partial charge in [-0.3, -0.25) is 13.9 Å². The van der Waals surface area contributed by atoms with Crippen molar-refractivity contribution in [2.45, 2.75) is 102 Å². The molecular weight excluding hydrogens is 1620 g/mol. The molecule has 22 nitrogen and oxygen atoms in total. The molecular formula is C106H110ClN18O4+. The number of rotatable bonds is 11. The summed E-state index contributed by atoms with van der Waals surface area (Å²) in [6.07, 6.45) is 6.79. The smallest absolute Gasteiger partial charge is 0.340 e. The molecule has 0 radical (unpaired) electrons. The number of hydrogen-bond acceptors (Lipinski definition) is 11. The lowest BCUT2D eigenvalue weighted by Crippen LogP contribution is -2.31. The first-order chi connectivity index (χ1) is 62.5. The number of aromatic amines is 1. The maximum atomic E-state index is 11.6. The van der Waals surface area contributed by atoms with E-state index in [1.54, 1.807) is 11.7 Å². The molecule has 0 fully saturated rings. The summed E-state index contributed by atoms with van der Waals surface area (Å²) in [5.41, 5.74) is 23.4. The van der Waals surface area contributed by atoms with Gasteiger partial charge in [-0.25, -0.2) is 34.3 Å². The Morgan fingerprint density at radius 3 is 1.79 bits per heavy atom. The Morgan fingerprint density at radius 1 is 0.566 bits per heavy atom. The van der Waals surface area contributed by atoms with E-state index in [1.165, 1.54) is 39.3 Å². The van der Waals surface area contributed by atoms with E-state index in [0.29, 0.717) is 35.5 Å². The number of carbonyl (C=O) groups is 2. The highest BCUT2D eigenvalue weighted by Crippen LogP contribution is 2.30. The fourth-order valence-corrected chi connectivity index (χ4v) is 15.9. The average Bonchev–Trinajstić information content (AvgIpc) is 1.75. The first-order valence-electron chi connectivity index (χ1n) is 43.3. The van der Waals surface area contributed by atoms with Gasteiger partial charge in [0.25, 0.3) is 11.7 Å². The number of nitriles is 1. The maximum absolute atomic E-state index is 11.6. The quantitative estimate of drug-likeness (QED) is 0.0920. The number of aryl methyl sites for hydroxylation is 9. The molecule has 9 aromatic heterocycles. The molecule has 2 N–H and O–H groups in total. The molecule has 0 atom stereocenters. The van der Waals surface area contributed by atoms with Crippen LogP contribution in [-0.2, 0) is 52.4 Å². The maximum Gasteiger partial charge on any atom is 0.340 e. The van der Waals surface area contributed by atoms with Crippen molar-refractivity contribution in [1.82, 2.24) is 71.9 Å². The lowest BCUT2D eigenvalue weighted by molar-refractivity contribution is -0.677. The van der Waals surface area contributed by atoms with Crippen LogP contribution in [-0.4, -0.2) is 104 Å². The van der Waals surface area contributed by atoms with E-state index >= 15 is 0 Å². The Bertz CT molecular complexity index is 7190. The van der Waals surface area contributed by atoms with E-state index in [1.807, 2.05) is 276 Å². The highest BCUT2D eigenvalue weighted by atomic mass is 35.5. The van der Waals surface area contributed by atoms with Gasteiger partial charge in [0, 0.05) is 120 Å². The zero-order valence-corrected chi connectivity index (χ0v) is 76.8. The molecule has 23 heteroatoms. The number of carbonyl (C=O) groups excluding carboxylic acids is 2. The van der Waals surface area contributed by atoms with Crippen molar-refractivity contribution in [2.24, 2.45) is 33.3 Å². The molecule has 1 aliphatic heterocycles. The minimum absolute atomic E-state index is 0.129. The van der Waals surface area contributed by atoms with Crippen LogP contribution < -0.4 is 14.6 Å². The molecule has 0 spiro atoms. The van der Waals surface area contributed by atoms with Gasteiger partial charge in [-0.2, -0.15) is 5.26 Å². The van der Waals surface area contributed by atoms with E-state index in [4.69, 9.17) is 26.3 Å². The fourth-order valence-electron chi connectivity index (χ4n) is 15.8. The normalized spacial score (nSPS) is 11.1. The van der Waals surface area contributed by atoms with Crippen LogP contribution in [0.1, 0.15) is 115 Å². The number of nitrogens with one attached hydrogen (secondary N) is 2. The standard InChI is InChI=1S/C15H14N2O.C13H9ClN2.C13H10N2.C12H13NO2.C11H13N3O.C11H10N2.C11H13N.C10H16N3.C10H12N2/c1-11-16-14-10-13(18-2)8-9-15(14)17(11)12-6-4-3-5-7-12;14-10-6-7-13-12(8-10)15-9-16(13)11-4-2-1-3-5-11;1-2-6-10(7-3-1)13-14-11-8-4-5-9-12(11)15-13;1-3-15-12(14)10-8-13(2)11-7-5-4-6-9(10)11;1-3-12-11(15)10-13-8-6-4-5-7-9(8)14(10)2;1-8-10(7-12)9-5-3-4-6-11(9)13(8)2;1-3-12-9(2)8-10-6-4-5-7-11(10)12;1-7(2)9-6-12(4)10-5-8(3)11-13(9)10;1-3-12-8(2)11-9-6-4-5-7-10(9)12/h3-10H,1-2H3;1-9H;1-9H,(H,14,15);4-8H,3H2,1-2H3;4-7H,3H2,1-2H3,(H,12,15);3-6H,1-2H3;4-8H,3H2,1-2H3;6-7H,5H2,1-4H3;4-7H,3H2,1-2H3/q;;;;;;;+1;. The van der Waals surface area contributed by atoms with E-state index in [0.717, 1.165) is 142 Å². The lowest BCUT2D eigenvalue weighted by atomic mass is 10.1. The van der Waals surface area contributed by atoms with Crippen LogP contribution in [0.25, 0.3) is 111 Å².